The number of hydrogen-bond acceptors (Lipinski definition) is 2. The smallest absolute Gasteiger partial charge is 0.0406 e. The summed E-state index contributed by atoms with van der Waals surface area (Å²) in [6.45, 7) is 0.825. The summed E-state index contributed by atoms with van der Waals surface area (Å²) in [4.78, 5) is 1.32. The van der Waals surface area contributed by atoms with Crippen LogP contribution in [0.3, 0.4) is 0 Å². The van der Waals surface area contributed by atoms with Gasteiger partial charge in [0.25, 0.3) is 0 Å². The Bertz CT molecular complexity index is 339. The lowest BCUT2D eigenvalue weighted by atomic mass is 10.0. The zero-order valence-corrected chi connectivity index (χ0v) is 11.6. The molecule has 1 aromatic carbocycles. The molecule has 1 nitrogen and oxygen atoms in total. The number of rotatable bonds is 3. The molecule has 2 rings (SSSR count). The molecule has 17 heavy (non-hydrogen) atoms. The van der Waals surface area contributed by atoms with Crippen LogP contribution in [-0.4, -0.2) is 11.8 Å². The van der Waals surface area contributed by atoms with E-state index in [1.54, 1.807) is 0 Å². The minimum atomic E-state index is 0.679. The summed E-state index contributed by atoms with van der Waals surface area (Å²) < 4.78 is 0. The molecule has 0 aliphatic heterocycles. The molecule has 1 aliphatic carbocycles. The maximum absolute atomic E-state index is 5.91. The summed E-state index contributed by atoms with van der Waals surface area (Å²) in [7, 11) is 0. The predicted molar refractivity (Wildman–Crippen MR) is 76.7 cm³/mol. The van der Waals surface area contributed by atoms with E-state index in [9.17, 15) is 0 Å². The first-order valence-corrected chi connectivity index (χ1v) is 7.67. The topological polar surface area (TPSA) is 26.0 Å². The number of benzene rings is 1. The molecule has 3 heteroatoms. The first-order valence-electron chi connectivity index (χ1n) is 6.42. The molecule has 94 valence electrons. The molecule has 0 spiro atoms. The largest absolute Gasteiger partial charge is 0.330 e. The fourth-order valence-corrected chi connectivity index (χ4v) is 3.96. The maximum Gasteiger partial charge on any atom is 0.0406 e. The van der Waals surface area contributed by atoms with Gasteiger partial charge in [-0.25, -0.2) is 0 Å². The first-order chi connectivity index (χ1) is 8.29. The van der Waals surface area contributed by atoms with E-state index in [4.69, 9.17) is 17.3 Å². The van der Waals surface area contributed by atoms with Crippen LogP contribution in [0.2, 0.25) is 5.02 Å². The molecule has 0 bridgehead atoms. The second-order valence-corrected chi connectivity index (χ2v) is 6.49. The third-order valence-corrected chi connectivity index (χ3v) is 5.21. The van der Waals surface area contributed by atoms with E-state index in [1.807, 2.05) is 23.9 Å². The molecule has 0 saturated heterocycles. The van der Waals surface area contributed by atoms with E-state index >= 15 is 0 Å². The molecule has 0 aromatic heterocycles. The fourth-order valence-electron chi connectivity index (χ4n) is 2.46. The molecule has 2 atom stereocenters. The Morgan fingerprint density at radius 2 is 1.82 bits per heavy atom. The highest BCUT2D eigenvalue weighted by Gasteiger charge is 2.23. The van der Waals surface area contributed by atoms with Gasteiger partial charge in [0.05, 0.1) is 0 Å². The molecule has 0 amide bonds. The summed E-state index contributed by atoms with van der Waals surface area (Å²) in [6, 6.07) is 8.17. The molecule has 1 saturated carbocycles. The SMILES string of the molecule is NCC1CCCCCC1Sc1ccc(Cl)cc1. The zero-order valence-electron chi connectivity index (χ0n) is 10.1. The highest BCUT2D eigenvalue weighted by molar-refractivity contribution is 8.00. The van der Waals surface area contributed by atoms with Crippen LogP contribution < -0.4 is 5.73 Å². The van der Waals surface area contributed by atoms with Crippen molar-refractivity contribution >= 4 is 23.4 Å². The number of hydrogen-bond donors (Lipinski definition) is 1. The Balaban J connectivity index is 2.01. The molecule has 1 fully saturated rings. The van der Waals surface area contributed by atoms with Crippen molar-refractivity contribution < 1.29 is 0 Å². The molecule has 0 radical (unpaired) electrons. The third-order valence-electron chi connectivity index (χ3n) is 3.49. The molecule has 1 aliphatic rings. The molecule has 2 unspecified atom stereocenters. The van der Waals surface area contributed by atoms with Crippen LogP contribution in [0.5, 0.6) is 0 Å². The van der Waals surface area contributed by atoms with Gasteiger partial charge in [-0.3, -0.25) is 0 Å². The molecule has 1 aromatic rings. The van der Waals surface area contributed by atoms with Gasteiger partial charge < -0.3 is 5.73 Å². The second-order valence-electron chi connectivity index (χ2n) is 4.74. The molecular formula is C14H20ClNS. The lowest BCUT2D eigenvalue weighted by Gasteiger charge is -2.23. The zero-order chi connectivity index (χ0) is 12.1. The van der Waals surface area contributed by atoms with Crippen LogP contribution in [-0.2, 0) is 0 Å². The van der Waals surface area contributed by atoms with Crippen molar-refractivity contribution in [2.75, 3.05) is 6.54 Å². The van der Waals surface area contributed by atoms with Crippen molar-refractivity contribution in [1.29, 1.82) is 0 Å². The Labute approximate surface area is 113 Å². The standard InChI is InChI=1S/C14H20ClNS/c15-12-6-8-13(9-7-12)17-14-5-3-1-2-4-11(14)10-16/h6-9,11,14H,1-5,10,16H2. The van der Waals surface area contributed by atoms with Crippen molar-refractivity contribution in [3.05, 3.63) is 29.3 Å². The van der Waals surface area contributed by atoms with Gasteiger partial charge >= 0.3 is 0 Å². The monoisotopic (exact) mass is 269 g/mol. The summed E-state index contributed by atoms with van der Waals surface area (Å²) in [5.74, 6) is 0.679. The Kier molecular flexibility index (Phi) is 5.20. The molecular weight excluding hydrogens is 250 g/mol. The maximum atomic E-state index is 5.91. The van der Waals surface area contributed by atoms with Gasteiger partial charge in [0, 0.05) is 15.2 Å². The van der Waals surface area contributed by atoms with E-state index in [2.05, 4.69) is 12.1 Å². The molecule has 0 heterocycles. The normalized spacial score (nSPS) is 25.5. The number of halogens is 1. The fraction of sp³-hybridized carbons (Fsp3) is 0.571. The van der Waals surface area contributed by atoms with Crippen molar-refractivity contribution in [1.82, 2.24) is 0 Å². The third kappa shape index (κ3) is 3.90. The van der Waals surface area contributed by atoms with Crippen molar-refractivity contribution in [2.45, 2.75) is 42.2 Å². The van der Waals surface area contributed by atoms with Gasteiger partial charge in [-0.2, -0.15) is 0 Å². The van der Waals surface area contributed by atoms with E-state index in [-0.39, 0.29) is 0 Å². The summed E-state index contributed by atoms with van der Waals surface area (Å²) in [5, 5.41) is 1.49. The van der Waals surface area contributed by atoms with Crippen molar-refractivity contribution in [3.63, 3.8) is 0 Å². The van der Waals surface area contributed by atoms with Crippen LogP contribution in [0.4, 0.5) is 0 Å². The lowest BCUT2D eigenvalue weighted by Crippen LogP contribution is -2.24. The van der Waals surface area contributed by atoms with Gasteiger partial charge in [-0.05, 0) is 49.6 Å². The van der Waals surface area contributed by atoms with Gasteiger partial charge in [0.1, 0.15) is 0 Å². The first kappa shape index (κ1) is 13.3. The number of thioether (sulfide) groups is 1. The summed E-state index contributed by atoms with van der Waals surface area (Å²) in [6.07, 6.45) is 6.66. The van der Waals surface area contributed by atoms with Crippen molar-refractivity contribution in [3.8, 4) is 0 Å². The van der Waals surface area contributed by atoms with Crippen LogP contribution in [0, 0.1) is 5.92 Å². The Morgan fingerprint density at radius 3 is 2.53 bits per heavy atom. The van der Waals surface area contributed by atoms with E-state index in [1.165, 1.54) is 37.0 Å². The average Bonchev–Trinajstić information content (AvgIpc) is 2.57. The van der Waals surface area contributed by atoms with E-state index < -0.39 is 0 Å². The van der Waals surface area contributed by atoms with Crippen LogP contribution in [0.1, 0.15) is 32.1 Å². The van der Waals surface area contributed by atoms with Crippen molar-refractivity contribution in [2.24, 2.45) is 11.7 Å². The van der Waals surface area contributed by atoms with Gasteiger partial charge in [-0.15, -0.1) is 11.8 Å². The number of nitrogens with two attached hydrogens (primary N) is 1. The highest BCUT2D eigenvalue weighted by Crippen LogP contribution is 2.36. The van der Waals surface area contributed by atoms with Gasteiger partial charge in [-0.1, -0.05) is 30.9 Å². The van der Waals surface area contributed by atoms with Crippen LogP contribution >= 0.6 is 23.4 Å². The van der Waals surface area contributed by atoms with Crippen LogP contribution in [0.15, 0.2) is 29.2 Å². The second kappa shape index (κ2) is 6.67. The Hall–Kier alpha value is -0.180. The lowest BCUT2D eigenvalue weighted by molar-refractivity contribution is 0.483. The average molecular weight is 270 g/mol. The summed E-state index contributed by atoms with van der Waals surface area (Å²) >= 11 is 7.89. The highest BCUT2D eigenvalue weighted by atomic mass is 35.5. The minimum Gasteiger partial charge on any atom is -0.330 e. The quantitative estimate of drug-likeness (QED) is 0.826. The molecule has 2 N–H and O–H groups in total. The summed E-state index contributed by atoms with van der Waals surface area (Å²) in [5.41, 5.74) is 5.91. The van der Waals surface area contributed by atoms with Gasteiger partial charge in [0.15, 0.2) is 0 Å². The van der Waals surface area contributed by atoms with Gasteiger partial charge in [0.2, 0.25) is 0 Å². The minimum absolute atomic E-state index is 0.679. The van der Waals surface area contributed by atoms with E-state index in [0.717, 1.165) is 11.6 Å². The van der Waals surface area contributed by atoms with E-state index in [0.29, 0.717) is 11.2 Å². The predicted octanol–water partition coefficient (Wildman–Crippen LogP) is 4.34. The Morgan fingerprint density at radius 1 is 1.12 bits per heavy atom. The van der Waals surface area contributed by atoms with Crippen LogP contribution in [0.25, 0.3) is 0 Å².